The highest BCUT2D eigenvalue weighted by Gasteiger charge is 2.46. The molecule has 7 nitrogen and oxygen atoms in total. The summed E-state index contributed by atoms with van der Waals surface area (Å²) in [6, 6.07) is 17.1. The first kappa shape index (κ1) is 23.3. The van der Waals surface area contributed by atoms with E-state index in [0.29, 0.717) is 20.7 Å². The number of ketones is 1. The number of aliphatic hydroxyl groups is 1. The molecule has 0 aliphatic carbocycles. The first-order valence-electron chi connectivity index (χ1n) is 10.5. The predicted octanol–water partition coefficient (Wildman–Crippen LogP) is 6.17. The van der Waals surface area contributed by atoms with Crippen molar-refractivity contribution in [2.75, 3.05) is 4.90 Å². The average Bonchev–Trinajstić information content (AvgIpc) is 3.60. The Morgan fingerprint density at radius 1 is 1.14 bits per heavy atom. The van der Waals surface area contributed by atoms with Crippen molar-refractivity contribution < 1.29 is 19.1 Å². The van der Waals surface area contributed by atoms with Gasteiger partial charge in [0.25, 0.3) is 5.91 Å². The third-order valence-electron chi connectivity index (χ3n) is 5.47. The lowest BCUT2D eigenvalue weighted by Crippen LogP contribution is -2.31. The first-order valence-corrected chi connectivity index (χ1v) is 12.7. The molecule has 2 aromatic heterocycles. The summed E-state index contributed by atoms with van der Waals surface area (Å²) in [5.41, 5.74) is 2.69. The predicted molar refractivity (Wildman–Crippen MR) is 135 cm³/mol. The van der Waals surface area contributed by atoms with Gasteiger partial charge < -0.3 is 9.52 Å². The summed E-state index contributed by atoms with van der Waals surface area (Å²) in [4.78, 5) is 27.8. The maximum absolute atomic E-state index is 13.2. The van der Waals surface area contributed by atoms with Gasteiger partial charge in [0.05, 0.1) is 17.9 Å². The molecule has 10 heteroatoms. The van der Waals surface area contributed by atoms with Crippen molar-refractivity contribution in [3.8, 4) is 0 Å². The highest BCUT2D eigenvalue weighted by molar-refractivity contribution is 8.00. The van der Waals surface area contributed by atoms with Crippen LogP contribution in [0, 0.1) is 6.92 Å². The monoisotopic (exact) mass is 523 g/mol. The Morgan fingerprint density at radius 2 is 1.89 bits per heavy atom. The molecule has 0 saturated carbocycles. The van der Waals surface area contributed by atoms with E-state index in [1.165, 1.54) is 40.3 Å². The molecule has 1 N–H and O–H groups in total. The number of aliphatic hydroxyl groups excluding tert-OH is 1. The van der Waals surface area contributed by atoms with Gasteiger partial charge in [0, 0.05) is 10.8 Å². The molecule has 0 saturated heterocycles. The summed E-state index contributed by atoms with van der Waals surface area (Å²) >= 11 is 8.64. The van der Waals surface area contributed by atoms with Crippen LogP contribution in [0.1, 0.15) is 33.3 Å². The Morgan fingerprint density at radius 3 is 2.57 bits per heavy atom. The molecule has 3 heterocycles. The van der Waals surface area contributed by atoms with Crippen molar-refractivity contribution in [3.63, 3.8) is 0 Å². The smallest absolute Gasteiger partial charge is 0.296 e. The molecule has 1 amide bonds. The molecule has 0 bridgehead atoms. The number of aromatic nitrogens is 2. The number of nitrogens with zero attached hydrogens (tertiary/aromatic N) is 3. The van der Waals surface area contributed by atoms with E-state index in [1.54, 1.807) is 6.07 Å². The summed E-state index contributed by atoms with van der Waals surface area (Å²) in [6.07, 6.45) is 1.37. The van der Waals surface area contributed by atoms with Gasteiger partial charge in [-0.1, -0.05) is 76.7 Å². The quantitative estimate of drug-likeness (QED) is 0.176. The van der Waals surface area contributed by atoms with Crippen LogP contribution in [0.4, 0.5) is 5.13 Å². The van der Waals surface area contributed by atoms with Crippen LogP contribution in [0.2, 0.25) is 5.02 Å². The Balaban J connectivity index is 1.48. The van der Waals surface area contributed by atoms with E-state index in [9.17, 15) is 14.7 Å². The molecule has 176 valence electrons. The minimum Gasteiger partial charge on any atom is -0.503 e. The topological polar surface area (TPSA) is 96.5 Å². The zero-order chi connectivity index (χ0) is 24.5. The van der Waals surface area contributed by atoms with Crippen LogP contribution in [-0.4, -0.2) is 27.0 Å². The Labute approximate surface area is 214 Å². The number of hydrogen-bond donors (Lipinski definition) is 1. The number of amides is 1. The molecule has 2 aromatic carbocycles. The number of benzene rings is 2. The molecule has 4 aromatic rings. The van der Waals surface area contributed by atoms with Gasteiger partial charge in [0.1, 0.15) is 0 Å². The molecule has 1 aliphatic heterocycles. The Kier molecular flexibility index (Phi) is 6.46. The van der Waals surface area contributed by atoms with Crippen molar-refractivity contribution >= 4 is 51.5 Å². The first-order chi connectivity index (χ1) is 16.9. The summed E-state index contributed by atoms with van der Waals surface area (Å²) in [5, 5.41) is 20.2. The number of thioether (sulfide) groups is 1. The number of halogens is 1. The zero-order valence-electron chi connectivity index (χ0n) is 18.3. The van der Waals surface area contributed by atoms with Crippen molar-refractivity contribution in [2.45, 2.75) is 23.1 Å². The van der Waals surface area contributed by atoms with Crippen LogP contribution in [0.3, 0.4) is 0 Å². The fourth-order valence-corrected chi connectivity index (χ4v) is 5.67. The third-order valence-corrected chi connectivity index (χ3v) is 7.85. The highest BCUT2D eigenvalue weighted by Crippen LogP contribution is 2.44. The van der Waals surface area contributed by atoms with Gasteiger partial charge in [-0.2, -0.15) is 0 Å². The van der Waals surface area contributed by atoms with Crippen LogP contribution < -0.4 is 4.90 Å². The number of carbonyl (C=O) groups is 2. The van der Waals surface area contributed by atoms with Crippen LogP contribution in [0.25, 0.3) is 0 Å². The van der Waals surface area contributed by atoms with Crippen molar-refractivity contribution in [1.82, 2.24) is 10.2 Å². The molecule has 0 spiro atoms. The molecule has 0 radical (unpaired) electrons. The van der Waals surface area contributed by atoms with E-state index < -0.39 is 23.5 Å². The fraction of sp³-hybridized carbons (Fsp3) is 0.120. The number of Topliss-reactive ketones (excluding diaryl/α,β-unsaturated/α-hetero) is 1. The van der Waals surface area contributed by atoms with Gasteiger partial charge in [0.15, 0.2) is 15.9 Å². The summed E-state index contributed by atoms with van der Waals surface area (Å²) in [5.74, 6) is -1.21. The maximum Gasteiger partial charge on any atom is 0.296 e. The summed E-state index contributed by atoms with van der Waals surface area (Å²) < 4.78 is 5.91. The van der Waals surface area contributed by atoms with Gasteiger partial charge in [-0.05, 0) is 42.3 Å². The molecule has 1 atom stereocenters. The third kappa shape index (κ3) is 4.62. The van der Waals surface area contributed by atoms with E-state index in [1.807, 2.05) is 55.5 Å². The van der Waals surface area contributed by atoms with E-state index in [0.717, 1.165) is 11.1 Å². The van der Waals surface area contributed by atoms with Gasteiger partial charge >= 0.3 is 0 Å². The van der Waals surface area contributed by atoms with E-state index in [2.05, 4.69) is 10.2 Å². The number of carbonyl (C=O) groups excluding carboxylic acids is 2. The van der Waals surface area contributed by atoms with Crippen LogP contribution in [-0.2, 0) is 10.5 Å². The lowest BCUT2D eigenvalue weighted by molar-refractivity contribution is -0.117. The largest absolute Gasteiger partial charge is 0.503 e. The maximum atomic E-state index is 13.2. The van der Waals surface area contributed by atoms with Crippen molar-refractivity contribution in [2.24, 2.45) is 0 Å². The normalized spacial score (nSPS) is 15.8. The molecule has 35 heavy (non-hydrogen) atoms. The number of aryl methyl sites for hydroxylation is 1. The molecule has 5 rings (SSSR count). The van der Waals surface area contributed by atoms with Gasteiger partial charge in [0.2, 0.25) is 10.9 Å². The van der Waals surface area contributed by atoms with E-state index >= 15 is 0 Å². The number of anilines is 1. The second-order valence-corrected chi connectivity index (χ2v) is 10.4. The number of hydrogen-bond acceptors (Lipinski definition) is 8. The fourth-order valence-electron chi connectivity index (χ4n) is 3.72. The standard InChI is InChI=1S/C25H18ClN3O4S2/c1-14-4-8-16(9-5-14)20-19(21(30)18-3-2-12-33-18)22(31)23(32)29(20)24-27-28-25(35-24)34-13-15-6-10-17(26)11-7-15/h2-12,20,31H,13H2,1H3. The van der Waals surface area contributed by atoms with Crippen molar-refractivity contribution in [1.29, 1.82) is 0 Å². The Bertz CT molecular complexity index is 1410. The lowest BCUT2D eigenvalue weighted by Gasteiger charge is -2.23. The minimum absolute atomic E-state index is 0.0368. The van der Waals surface area contributed by atoms with Crippen LogP contribution in [0.15, 0.2) is 87.0 Å². The lowest BCUT2D eigenvalue weighted by atomic mass is 9.95. The second-order valence-electron chi connectivity index (χ2n) is 7.82. The van der Waals surface area contributed by atoms with Gasteiger partial charge in [-0.15, -0.1) is 10.2 Å². The zero-order valence-corrected chi connectivity index (χ0v) is 20.7. The number of rotatable bonds is 7. The molecule has 1 unspecified atom stereocenters. The summed E-state index contributed by atoms with van der Waals surface area (Å²) in [7, 11) is 0. The van der Waals surface area contributed by atoms with Crippen LogP contribution >= 0.6 is 34.7 Å². The average molecular weight is 524 g/mol. The second kappa shape index (κ2) is 9.69. The van der Waals surface area contributed by atoms with E-state index in [4.69, 9.17) is 16.0 Å². The molecule has 0 fully saturated rings. The summed E-state index contributed by atoms with van der Waals surface area (Å²) in [6.45, 7) is 1.94. The molecule has 1 aliphatic rings. The van der Waals surface area contributed by atoms with Crippen molar-refractivity contribution in [3.05, 3.63) is 106 Å². The van der Waals surface area contributed by atoms with E-state index in [-0.39, 0.29) is 16.5 Å². The SMILES string of the molecule is Cc1ccc(C2C(C(=O)c3ccco3)=C(O)C(=O)N2c2nnc(SCc3ccc(Cl)cc3)s2)cc1. The van der Waals surface area contributed by atoms with Gasteiger partial charge in [-0.3, -0.25) is 14.5 Å². The minimum atomic E-state index is -0.872. The van der Waals surface area contributed by atoms with Gasteiger partial charge in [-0.25, -0.2) is 0 Å². The highest BCUT2D eigenvalue weighted by atomic mass is 35.5. The number of furan rings is 1. The van der Waals surface area contributed by atoms with Crippen LogP contribution in [0.5, 0.6) is 0 Å². The molecular weight excluding hydrogens is 506 g/mol. The molecular formula is C25H18ClN3O4S2. The Hall–Kier alpha value is -3.40.